The van der Waals surface area contributed by atoms with Crippen LogP contribution in [-0.2, 0) is 16.0 Å². The summed E-state index contributed by atoms with van der Waals surface area (Å²) in [5, 5.41) is 12.1. The topological polar surface area (TPSA) is 75.2 Å². The van der Waals surface area contributed by atoms with Gasteiger partial charge in [0.25, 0.3) is 0 Å². The number of halogens is 1. The minimum atomic E-state index is -0.463. The molecule has 8 heteroatoms. The predicted octanol–water partition coefficient (Wildman–Crippen LogP) is 2.87. The number of benzene rings is 1. The summed E-state index contributed by atoms with van der Waals surface area (Å²) in [7, 11) is 0. The Bertz CT molecular complexity index is 775. The Balaban J connectivity index is 1.62. The molecule has 1 atom stereocenters. The van der Waals surface area contributed by atoms with Gasteiger partial charge in [-0.1, -0.05) is 25.2 Å². The van der Waals surface area contributed by atoms with Gasteiger partial charge in [-0.25, -0.2) is 4.39 Å². The lowest BCUT2D eigenvalue weighted by atomic mass is 10.1. The van der Waals surface area contributed by atoms with Crippen molar-refractivity contribution in [3.05, 3.63) is 35.1 Å². The Morgan fingerprint density at radius 3 is 2.76 bits per heavy atom. The molecule has 0 spiro atoms. The maximum Gasteiger partial charge on any atom is 0.231 e. The van der Waals surface area contributed by atoms with Gasteiger partial charge in [-0.15, -0.1) is 10.2 Å². The third kappa shape index (κ3) is 4.19. The molecule has 1 aromatic carbocycles. The zero-order chi connectivity index (χ0) is 18.0. The molecule has 3 rings (SSSR count). The molecule has 1 fully saturated rings. The summed E-state index contributed by atoms with van der Waals surface area (Å²) in [5.74, 6) is -0.754. The molecule has 1 aromatic heterocycles. The van der Waals surface area contributed by atoms with Gasteiger partial charge in [-0.2, -0.15) is 0 Å². The number of aromatic nitrogens is 2. The van der Waals surface area contributed by atoms with E-state index in [1.807, 2.05) is 0 Å². The summed E-state index contributed by atoms with van der Waals surface area (Å²) in [6.07, 6.45) is 0.939. The van der Waals surface area contributed by atoms with Crippen molar-refractivity contribution in [2.24, 2.45) is 11.8 Å². The number of hydrogen-bond acceptors (Lipinski definition) is 5. The van der Waals surface area contributed by atoms with Gasteiger partial charge in [0.15, 0.2) is 0 Å². The number of anilines is 2. The summed E-state index contributed by atoms with van der Waals surface area (Å²) in [6, 6.07) is 5.67. The number of hydrogen-bond donors (Lipinski definition) is 1. The fraction of sp³-hybridized carbons (Fsp3) is 0.412. The highest BCUT2D eigenvalue weighted by atomic mass is 32.1. The van der Waals surface area contributed by atoms with E-state index in [0.717, 1.165) is 11.4 Å². The van der Waals surface area contributed by atoms with Crippen molar-refractivity contribution in [3.63, 3.8) is 0 Å². The third-order valence-corrected chi connectivity index (χ3v) is 4.77. The van der Waals surface area contributed by atoms with Crippen LogP contribution in [0.4, 0.5) is 15.2 Å². The molecule has 0 bridgehead atoms. The van der Waals surface area contributed by atoms with Gasteiger partial charge in [0, 0.05) is 25.1 Å². The van der Waals surface area contributed by atoms with Gasteiger partial charge in [-0.05, 0) is 30.2 Å². The maximum absolute atomic E-state index is 13.0. The molecule has 25 heavy (non-hydrogen) atoms. The highest BCUT2D eigenvalue weighted by molar-refractivity contribution is 7.15. The minimum absolute atomic E-state index is 0.126. The summed E-state index contributed by atoms with van der Waals surface area (Å²) in [6.45, 7) is 4.45. The maximum atomic E-state index is 13.0. The molecule has 1 saturated heterocycles. The van der Waals surface area contributed by atoms with Crippen molar-refractivity contribution in [2.75, 3.05) is 16.8 Å². The van der Waals surface area contributed by atoms with Crippen LogP contribution in [0.1, 0.15) is 25.3 Å². The van der Waals surface area contributed by atoms with E-state index in [9.17, 15) is 14.0 Å². The van der Waals surface area contributed by atoms with Gasteiger partial charge in [0.05, 0.1) is 5.92 Å². The smallest absolute Gasteiger partial charge is 0.231 e. The van der Waals surface area contributed by atoms with Crippen molar-refractivity contribution in [1.29, 1.82) is 0 Å². The van der Waals surface area contributed by atoms with E-state index in [1.165, 1.54) is 40.5 Å². The van der Waals surface area contributed by atoms with Crippen LogP contribution in [0, 0.1) is 17.7 Å². The van der Waals surface area contributed by atoms with Crippen molar-refractivity contribution in [3.8, 4) is 0 Å². The number of nitrogens with zero attached hydrogens (tertiary/aromatic N) is 3. The molecule has 1 aliphatic heterocycles. The molecule has 2 amide bonds. The normalized spacial score (nSPS) is 17.4. The average Bonchev–Trinajstić information content (AvgIpc) is 3.14. The van der Waals surface area contributed by atoms with Crippen LogP contribution in [0.3, 0.4) is 0 Å². The van der Waals surface area contributed by atoms with Crippen LogP contribution in [0.15, 0.2) is 24.3 Å². The lowest BCUT2D eigenvalue weighted by molar-refractivity contribution is -0.122. The summed E-state index contributed by atoms with van der Waals surface area (Å²) < 4.78 is 13.0. The summed E-state index contributed by atoms with van der Waals surface area (Å²) in [5.41, 5.74) is 0.594. The highest BCUT2D eigenvalue weighted by Crippen LogP contribution is 2.27. The van der Waals surface area contributed by atoms with Crippen LogP contribution in [0.25, 0.3) is 0 Å². The van der Waals surface area contributed by atoms with Crippen molar-refractivity contribution in [2.45, 2.75) is 26.7 Å². The number of carbonyl (C=O) groups excluding carboxylic acids is 2. The second-order valence-corrected chi connectivity index (χ2v) is 7.53. The van der Waals surface area contributed by atoms with E-state index in [4.69, 9.17) is 0 Å². The van der Waals surface area contributed by atoms with E-state index in [-0.39, 0.29) is 30.6 Å². The van der Waals surface area contributed by atoms with Crippen LogP contribution in [0.5, 0.6) is 0 Å². The molecule has 6 nitrogen and oxygen atoms in total. The molecule has 2 heterocycles. The zero-order valence-corrected chi connectivity index (χ0v) is 14.8. The molecule has 132 valence electrons. The van der Waals surface area contributed by atoms with Crippen LogP contribution >= 0.6 is 11.3 Å². The Labute approximate surface area is 149 Å². The highest BCUT2D eigenvalue weighted by Gasteiger charge is 2.35. The van der Waals surface area contributed by atoms with Gasteiger partial charge in [0.1, 0.15) is 10.8 Å². The molecule has 2 aromatic rings. The monoisotopic (exact) mass is 362 g/mol. The standard InChI is InChI=1S/C17H19FN4O2S/c1-10(2)7-14-20-21-17(25-14)19-16(24)11-8-15(23)22(9-11)13-5-3-12(18)4-6-13/h3-6,10-11H,7-9H2,1-2H3,(H,19,21,24)/t11-/m0/s1. The van der Waals surface area contributed by atoms with E-state index in [1.54, 1.807) is 0 Å². The molecule has 1 aliphatic rings. The number of amides is 2. The lowest BCUT2D eigenvalue weighted by Crippen LogP contribution is -2.28. The van der Waals surface area contributed by atoms with Crippen molar-refractivity contribution in [1.82, 2.24) is 10.2 Å². The molecule has 1 N–H and O–H groups in total. The lowest BCUT2D eigenvalue weighted by Gasteiger charge is -2.16. The molecule has 0 saturated carbocycles. The molecule has 0 radical (unpaired) electrons. The van der Waals surface area contributed by atoms with E-state index in [0.29, 0.717) is 16.7 Å². The zero-order valence-electron chi connectivity index (χ0n) is 14.0. The van der Waals surface area contributed by atoms with E-state index in [2.05, 4.69) is 29.4 Å². The van der Waals surface area contributed by atoms with Crippen molar-refractivity contribution < 1.29 is 14.0 Å². The summed E-state index contributed by atoms with van der Waals surface area (Å²) in [4.78, 5) is 26.1. The second kappa shape index (κ2) is 7.26. The summed E-state index contributed by atoms with van der Waals surface area (Å²) >= 11 is 1.35. The first-order valence-electron chi connectivity index (χ1n) is 8.11. The van der Waals surface area contributed by atoms with Crippen LogP contribution in [-0.4, -0.2) is 28.6 Å². The van der Waals surface area contributed by atoms with E-state index < -0.39 is 5.92 Å². The van der Waals surface area contributed by atoms with Crippen LogP contribution in [0.2, 0.25) is 0 Å². The molecule has 0 aliphatic carbocycles. The number of carbonyl (C=O) groups is 2. The Kier molecular flexibility index (Phi) is 5.08. The SMILES string of the molecule is CC(C)Cc1nnc(NC(=O)[C@H]2CC(=O)N(c3ccc(F)cc3)C2)s1. The fourth-order valence-electron chi connectivity index (χ4n) is 2.70. The van der Waals surface area contributed by atoms with Gasteiger partial charge >= 0.3 is 0 Å². The minimum Gasteiger partial charge on any atom is -0.312 e. The van der Waals surface area contributed by atoms with E-state index >= 15 is 0 Å². The largest absolute Gasteiger partial charge is 0.312 e. The first kappa shape index (κ1) is 17.5. The van der Waals surface area contributed by atoms with Crippen LogP contribution < -0.4 is 10.2 Å². The Hall–Kier alpha value is -2.35. The first-order valence-corrected chi connectivity index (χ1v) is 8.93. The van der Waals surface area contributed by atoms with Gasteiger partial charge < -0.3 is 10.2 Å². The molecular formula is C17H19FN4O2S. The Morgan fingerprint density at radius 1 is 1.36 bits per heavy atom. The third-order valence-electron chi connectivity index (χ3n) is 3.91. The molecular weight excluding hydrogens is 343 g/mol. The van der Waals surface area contributed by atoms with Gasteiger partial charge in [0.2, 0.25) is 16.9 Å². The number of rotatable bonds is 5. The Morgan fingerprint density at radius 2 is 2.08 bits per heavy atom. The number of nitrogens with one attached hydrogen (secondary N) is 1. The average molecular weight is 362 g/mol. The second-order valence-electron chi connectivity index (χ2n) is 6.47. The molecule has 0 unspecified atom stereocenters. The quantitative estimate of drug-likeness (QED) is 0.887. The first-order chi connectivity index (χ1) is 11.9. The predicted molar refractivity (Wildman–Crippen MR) is 93.9 cm³/mol. The van der Waals surface area contributed by atoms with Gasteiger partial charge in [-0.3, -0.25) is 9.59 Å². The fourth-order valence-corrected chi connectivity index (χ4v) is 3.65. The van der Waals surface area contributed by atoms with Crippen molar-refractivity contribution >= 4 is 34.0 Å².